The maximum Gasteiger partial charge on any atom is 0.389 e. The fourth-order valence-corrected chi connectivity index (χ4v) is 2.35. The first-order valence-electron chi connectivity index (χ1n) is 5.01. The zero-order chi connectivity index (χ0) is 13.5. The van der Waals surface area contributed by atoms with Gasteiger partial charge in [0.1, 0.15) is 5.75 Å². The number of ether oxygens (including phenoxy) is 1. The Bertz CT molecular complexity index is 500. The van der Waals surface area contributed by atoms with Crippen molar-refractivity contribution in [2.75, 3.05) is 6.61 Å². The van der Waals surface area contributed by atoms with Crippen molar-refractivity contribution in [3.8, 4) is 5.75 Å². The van der Waals surface area contributed by atoms with Crippen LogP contribution in [0.15, 0.2) is 12.1 Å². The lowest BCUT2D eigenvalue weighted by Crippen LogP contribution is -2.32. The molecule has 0 N–H and O–H groups in total. The molecule has 0 fully saturated rings. The van der Waals surface area contributed by atoms with Crippen molar-refractivity contribution in [1.82, 2.24) is 0 Å². The summed E-state index contributed by atoms with van der Waals surface area (Å²) in [6.07, 6.45) is -5.63. The Hall–Kier alpha value is -0.940. The number of benzene rings is 1. The molecule has 0 amide bonds. The highest BCUT2D eigenvalue weighted by molar-refractivity contribution is 6.36. The number of rotatable bonds is 1. The van der Waals surface area contributed by atoms with Gasteiger partial charge in [-0.15, -0.1) is 0 Å². The monoisotopic (exact) mass is 298 g/mol. The first-order valence-corrected chi connectivity index (χ1v) is 5.76. The number of carbonyl (C=O) groups excluding carboxylic acids is 1. The number of ketones is 1. The number of hydrogen-bond acceptors (Lipinski definition) is 2. The van der Waals surface area contributed by atoms with E-state index in [2.05, 4.69) is 0 Å². The molecule has 1 heterocycles. The second-order valence-corrected chi connectivity index (χ2v) is 4.80. The Morgan fingerprint density at radius 2 is 2.00 bits per heavy atom. The van der Waals surface area contributed by atoms with Crippen LogP contribution in [0.4, 0.5) is 13.2 Å². The molecule has 0 saturated carbocycles. The van der Waals surface area contributed by atoms with Crippen LogP contribution in [0.25, 0.3) is 0 Å². The molecule has 0 bridgehead atoms. The fourth-order valence-electron chi connectivity index (χ4n) is 1.80. The molecule has 1 unspecified atom stereocenters. The lowest BCUT2D eigenvalue weighted by atomic mass is 9.92. The highest BCUT2D eigenvalue weighted by Crippen LogP contribution is 2.39. The van der Waals surface area contributed by atoms with Gasteiger partial charge in [0.2, 0.25) is 0 Å². The van der Waals surface area contributed by atoms with Crippen molar-refractivity contribution in [1.29, 1.82) is 0 Å². The third-order valence-corrected chi connectivity index (χ3v) is 3.05. The lowest BCUT2D eigenvalue weighted by molar-refractivity contribution is -0.143. The Labute approximate surface area is 111 Å². The Balaban J connectivity index is 2.34. The Morgan fingerprint density at radius 1 is 1.33 bits per heavy atom. The minimum absolute atomic E-state index is 0.00741. The first-order chi connectivity index (χ1) is 8.28. The number of hydrogen-bond donors (Lipinski definition) is 0. The Kier molecular flexibility index (Phi) is 3.47. The molecule has 0 radical (unpaired) electrons. The van der Waals surface area contributed by atoms with E-state index in [4.69, 9.17) is 27.9 Å². The third kappa shape index (κ3) is 2.72. The molecule has 1 aliphatic heterocycles. The van der Waals surface area contributed by atoms with Crippen molar-refractivity contribution >= 4 is 29.0 Å². The van der Waals surface area contributed by atoms with E-state index < -0.39 is 24.3 Å². The van der Waals surface area contributed by atoms with E-state index in [9.17, 15) is 18.0 Å². The molecule has 7 heteroatoms. The van der Waals surface area contributed by atoms with Crippen molar-refractivity contribution < 1.29 is 22.7 Å². The summed E-state index contributed by atoms with van der Waals surface area (Å²) in [5.41, 5.74) is 0.00741. The molecule has 0 aliphatic carbocycles. The van der Waals surface area contributed by atoms with E-state index in [-0.39, 0.29) is 28.0 Å². The summed E-state index contributed by atoms with van der Waals surface area (Å²) >= 11 is 11.5. The molecule has 0 spiro atoms. The SMILES string of the molecule is O=C1c2cc(Cl)cc(Cl)c2OCC1CC(F)(F)F. The first kappa shape index (κ1) is 13.5. The molecule has 2 rings (SSSR count). The zero-order valence-electron chi connectivity index (χ0n) is 8.85. The predicted octanol–water partition coefficient (Wildman–Crippen LogP) is 4.14. The van der Waals surface area contributed by atoms with Crippen molar-refractivity contribution in [2.24, 2.45) is 5.92 Å². The molecule has 1 aliphatic rings. The third-order valence-electron chi connectivity index (χ3n) is 2.55. The van der Waals surface area contributed by atoms with Gasteiger partial charge in [-0.3, -0.25) is 4.79 Å². The van der Waals surface area contributed by atoms with E-state index >= 15 is 0 Å². The molecular weight excluding hydrogens is 292 g/mol. The second-order valence-electron chi connectivity index (χ2n) is 3.96. The minimum Gasteiger partial charge on any atom is -0.490 e. The summed E-state index contributed by atoms with van der Waals surface area (Å²) < 4.78 is 42.0. The van der Waals surface area contributed by atoms with Gasteiger partial charge in [0.25, 0.3) is 0 Å². The van der Waals surface area contributed by atoms with Crippen molar-refractivity contribution in [3.05, 3.63) is 27.7 Å². The maximum atomic E-state index is 12.3. The van der Waals surface area contributed by atoms with Crippen LogP contribution in [0, 0.1) is 5.92 Å². The largest absolute Gasteiger partial charge is 0.490 e. The van der Waals surface area contributed by atoms with Crippen molar-refractivity contribution in [3.63, 3.8) is 0 Å². The molecule has 0 saturated heterocycles. The number of Topliss-reactive ketones (excluding diaryl/α,β-unsaturated/α-hetero) is 1. The predicted molar refractivity (Wildman–Crippen MR) is 60.4 cm³/mol. The van der Waals surface area contributed by atoms with Gasteiger partial charge in [-0.05, 0) is 12.1 Å². The smallest absolute Gasteiger partial charge is 0.389 e. The number of fused-ring (bicyclic) bond motifs is 1. The summed E-state index contributed by atoms with van der Waals surface area (Å²) in [6.45, 7) is -0.327. The van der Waals surface area contributed by atoms with Gasteiger partial charge in [-0.1, -0.05) is 23.2 Å². The Morgan fingerprint density at radius 3 is 2.61 bits per heavy atom. The lowest BCUT2D eigenvalue weighted by Gasteiger charge is -2.25. The van der Waals surface area contributed by atoms with Crippen LogP contribution in [-0.4, -0.2) is 18.6 Å². The van der Waals surface area contributed by atoms with Crippen LogP contribution in [-0.2, 0) is 0 Å². The summed E-state index contributed by atoms with van der Waals surface area (Å²) in [4.78, 5) is 11.9. The standard InChI is InChI=1S/C11H7Cl2F3O2/c12-6-1-7-9(17)5(3-11(14,15)16)4-18-10(7)8(13)2-6/h1-2,5H,3-4H2. The van der Waals surface area contributed by atoms with Crippen LogP contribution >= 0.6 is 23.2 Å². The average Bonchev–Trinajstić information content (AvgIpc) is 2.21. The topological polar surface area (TPSA) is 26.3 Å². The molecule has 0 aromatic heterocycles. The molecule has 1 aromatic carbocycles. The quantitative estimate of drug-likeness (QED) is 0.779. The van der Waals surface area contributed by atoms with E-state index in [1.165, 1.54) is 12.1 Å². The van der Waals surface area contributed by atoms with Crippen LogP contribution in [0.5, 0.6) is 5.75 Å². The summed E-state index contributed by atoms with van der Waals surface area (Å²) in [7, 11) is 0. The van der Waals surface area contributed by atoms with Gasteiger partial charge in [0.05, 0.1) is 29.5 Å². The molecular formula is C11H7Cl2F3O2. The number of halogens is 5. The minimum atomic E-state index is -4.41. The van der Waals surface area contributed by atoms with E-state index in [1.54, 1.807) is 0 Å². The number of alkyl halides is 3. The number of carbonyl (C=O) groups is 1. The second kappa shape index (κ2) is 4.63. The highest BCUT2D eigenvalue weighted by Gasteiger charge is 2.39. The van der Waals surface area contributed by atoms with Crippen LogP contribution in [0.2, 0.25) is 10.0 Å². The normalized spacial score (nSPS) is 19.4. The van der Waals surface area contributed by atoms with E-state index in [0.717, 1.165) is 0 Å². The average molecular weight is 299 g/mol. The van der Waals surface area contributed by atoms with Gasteiger partial charge in [0.15, 0.2) is 5.78 Å². The van der Waals surface area contributed by atoms with Gasteiger partial charge in [-0.25, -0.2) is 0 Å². The van der Waals surface area contributed by atoms with Crippen molar-refractivity contribution in [2.45, 2.75) is 12.6 Å². The summed E-state index contributed by atoms with van der Waals surface area (Å²) in [6, 6.07) is 2.65. The molecule has 1 aromatic rings. The molecule has 98 valence electrons. The van der Waals surface area contributed by atoms with E-state index in [0.29, 0.717) is 0 Å². The van der Waals surface area contributed by atoms with Gasteiger partial charge < -0.3 is 4.74 Å². The molecule has 18 heavy (non-hydrogen) atoms. The summed E-state index contributed by atoms with van der Waals surface area (Å²) in [5, 5.41) is 0.305. The highest BCUT2D eigenvalue weighted by atomic mass is 35.5. The molecule has 1 atom stereocenters. The summed E-state index contributed by atoms with van der Waals surface area (Å²) in [5.74, 6) is -1.78. The van der Waals surface area contributed by atoms with Crippen LogP contribution < -0.4 is 4.74 Å². The van der Waals surface area contributed by atoms with Gasteiger partial charge in [0, 0.05) is 5.02 Å². The van der Waals surface area contributed by atoms with Crippen LogP contribution in [0.3, 0.4) is 0 Å². The van der Waals surface area contributed by atoms with Gasteiger partial charge >= 0.3 is 6.18 Å². The maximum absolute atomic E-state index is 12.3. The van der Waals surface area contributed by atoms with Crippen LogP contribution in [0.1, 0.15) is 16.8 Å². The molecule has 2 nitrogen and oxygen atoms in total. The zero-order valence-corrected chi connectivity index (χ0v) is 10.4. The fraction of sp³-hybridized carbons (Fsp3) is 0.364. The van der Waals surface area contributed by atoms with E-state index in [1.807, 2.05) is 0 Å². The van der Waals surface area contributed by atoms with Gasteiger partial charge in [-0.2, -0.15) is 13.2 Å².